The number of aromatic nitrogens is 2. The lowest BCUT2D eigenvalue weighted by Gasteiger charge is -2.13. The Bertz CT molecular complexity index is 615. The monoisotopic (exact) mass is 305 g/mol. The first-order valence-corrected chi connectivity index (χ1v) is 7.98. The third-order valence-corrected chi connectivity index (χ3v) is 4.79. The van der Waals surface area contributed by atoms with Crippen molar-refractivity contribution in [3.8, 4) is 0 Å². The van der Waals surface area contributed by atoms with E-state index in [4.69, 9.17) is 4.74 Å². The predicted octanol–water partition coefficient (Wildman–Crippen LogP) is 2.48. The average molecular weight is 305 g/mol. The summed E-state index contributed by atoms with van der Waals surface area (Å²) in [4.78, 5) is 13.7. The van der Waals surface area contributed by atoms with Crippen LogP contribution in [0.2, 0.25) is 0 Å². The maximum Gasteiger partial charge on any atom is 0.255 e. The van der Waals surface area contributed by atoms with Gasteiger partial charge in [0.25, 0.3) is 5.91 Å². The number of aryl methyl sites for hydroxylation is 1. The second kappa shape index (κ2) is 5.99. The fraction of sp³-hybridized carbons (Fsp3) is 0.467. The second-order valence-corrected chi connectivity index (χ2v) is 6.35. The van der Waals surface area contributed by atoms with Crippen LogP contribution in [0.1, 0.15) is 46.2 Å². The molecular weight excluding hydrogens is 286 g/mol. The van der Waals surface area contributed by atoms with E-state index in [9.17, 15) is 4.79 Å². The molecule has 112 valence electrons. The van der Waals surface area contributed by atoms with Gasteiger partial charge in [0.1, 0.15) is 0 Å². The highest BCUT2D eigenvalue weighted by Crippen LogP contribution is 2.27. The van der Waals surface area contributed by atoms with Crippen LogP contribution in [0.3, 0.4) is 0 Å². The molecule has 0 aromatic carbocycles. The van der Waals surface area contributed by atoms with E-state index >= 15 is 0 Å². The molecule has 2 atom stereocenters. The van der Waals surface area contributed by atoms with E-state index < -0.39 is 0 Å². The minimum absolute atomic E-state index is 0.00499. The van der Waals surface area contributed by atoms with Crippen LogP contribution in [0, 0.1) is 0 Å². The zero-order chi connectivity index (χ0) is 14.8. The Morgan fingerprint density at radius 1 is 1.62 bits per heavy atom. The summed E-state index contributed by atoms with van der Waals surface area (Å²) in [6.45, 7) is 3.39. The Hall–Kier alpha value is -1.66. The van der Waals surface area contributed by atoms with Gasteiger partial charge in [-0.25, -0.2) is 0 Å². The quantitative estimate of drug-likeness (QED) is 0.944. The molecule has 3 heterocycles. The van der Waals surface area contributed by atoms with Crippen molar-refractivity contribution in [2.24, 2.45) is 7.05 Å². The first-order chi connectivity index (χ1) is 10.1. The highest BCUT2D eigenvalue weighted by Gasteiger charge is 2.27. The molecule has 0 bridgehead atoms. The first-order valence-electron chi connectivity index (χ1n) is 7.10. The van der Waals surface area contributed by atoms with Crippen molar-refractivity contribution < 1.29 is 9.53 Å². The van der Waals surface area contributed by atoms with E-state index in [1.165, 1.54) is 0 Å². The second-order valence-electron chi connectivity index (χ2n) is 5.37. The van der Waals surface area contributed by atoms with Gasteiger partial charge >= 0.3 is 0 Å². The molecule has 0 aliphatic carbocycles. The van der Waals surface area contributed by atoms with Crippen molar-refractivity contribution in [3.63, 3.8) is 0 Å². The van der Waals surface area contributed by atoms with Gasteiger partial charge in [0.05, 0.1) is 23.9 Å². The van der Waals surface area contributed by atoms with Crippen molar-refractivity contribution in [2.45, 2.75) is 25.3 Å². The number of rotatable bonds is 4. The van der Waals surface area contributed by atoms with Gasteiger partial charge in [-0.1, -0.05) is 6.07 Å². The summed E-state index contributed by atoms with van der Waals surface area (Å²) in [6.07, 6.45) is 2.72. The number of ether oxygens (including phenoxy) is 1. The van der Waals surface area contributed by atoms with Crippen molar-refractivity contribution in [3.05, 3.63) is 39.8 Å². The molecule has 1 saturated heterocycles. The van der Waals surface area contributed by atoms with Crippen molar-refractivity contribution in [1.82, 2.24) is 15.1 Å². The van der Waals surface area contributed by atoms with E-state index in [1.807, 2.05) is 31.5 Å². The zero-order valence-corrected chi connectivity index (χ0v) is 13.0. The first kappa shape index (κ1) is 14.3. The third kappa shape index (κ3) is 3.01. The van der Waals surface area contributed by atoms with Gasteiger partial charge in [-0.3, -0.25) is 9.48 Å². The molecule has 1 fully saturated rings. The van der Waals surface area contributed by atoms with Gasteiger partial charge in [-0.15, -0.1) is 11.3 Å². The highest BCUT2D eigenvalue weighted by molar-refractivity contribution is 7.10. The molecule has 3 rings (SSSR count). The summed E-state index contributed by atoms with van der Waals surface area (Å²) in [5.74, 6) is 0.162. The molecule has 0 spiro atoms. The van der Waals surface area contributed by atoms with E-state index in [0.29, 0.717) is 12.2 Å². The van der Waals surface area contributed by atoms with E-state index in [-0.39, 0.29) is 17.9 Å². The number of carbonyl (C=O) groups is 1. The molecule has 0 radical (unpaired) electrons. The van der Waals surface area contributed by atoms with Crippen LogP contribution < -0.4 is 5.32 Å². The fourth-order valence-electron chi connectivity index (χ4n) is 2.62. The third-order valence-electron chi connectivity index (χ3n) is 3.74. The van der Waals surface area contributed by atoms with Crippen molar-refractivity contribution in [2.75, 3.05) is 13.2 Å². The van der Waals surface area contributed by atoms with Crippen LogP contribution in [0.25, 0.3) is 0 Å². The largest absolute Gasteiger partial charge is 0.381 e. The summed E-state index contributed by atoms with van der Waals surface area (Å²) >= 11 is 1.65. The van der Waals surface area contributed by atoms with Crippen LogP contribution >= 0.6 is 11.3 Å². The average Bonchev–Trinajstić information content (AvgIpc) is 3.19. The number of thiophene rings is 1. The number of nitrogens with zero attached hydrogens (tertiary/aromatic N) is 2. The molecule has 6 heteroatoms. The summed E-state index contributed by atoms with van der Waals surface area (Å²) in [7, 11) is 1.85. The number of amides is 1. The maximum absolute atomic E-state index is 12.5. The lowest BCUT2D eigenvalue weighted by molar-refractivity contribution is 0.0939. The van der Waals surface area contributed by atoms with Gasteiger partial charge < -0.3 is 10.1 Å². The standard InChI is InChI=1S/C15H19N3O2S/c1-10(13-4-3-7-21-13)16-15(19)12-8-18(2)17-14(12)11-5-6-20-9-11/h3-4,7-8,10-11H,5-6,9H2,1-2H3,(H,16,19)/t10-,11+/m0/s1. The van der Waals surface area contributed by atoms with E-state index in [0.717, 1.165) is 23.6 Å². The molecule has 1 N–H and O–H groups in total. The SMILES string of the molecule is C[C@H](NC(=O)c1cn(C)nc1[C@@H]1CCOC1)c1cccs1. The molecule has 2 aromatic rings. The minimum atomic E-state index is -0.0640. The Labute approximate surface area is 127 Å². The van der Waals surface area contributed by atoms with Crippen molar-refractivity contribution in [1.29, 1.82) is 0 Å². The van der Waals surface area contributed by atoms with Gasteiger partial charge in [-0.05, 0) is 24.8 Å². The molecule has 0 unspecified atom stereocenters. The number of hydrogen-bond acceptors (Lipinski definition) is 4. The minimum Gasteiger partial charge on any atom is -0.381 e. The zero-order valence-electron chi connectivity index (χ0n) is 12.2. The Balaban J connectivity index is 1.78. The van der Waals surface area contributed by atoms with Gasteiger partial charge in [0.15, 0.2) is 0 Å². The Morgan fingerprint density at radius 3 is 3.14 bits per heavy atom. The fourth-order valence-corrected chi connectivity index (χ4v) is 3.35. The normalized spacial score (nSPS) is 19.6. The topological polar surface area (TPSA) is 56.2 Å². The molecule has 2 aromatic heterocycles. The van der Waals surface area contributed by atoms with Crippen LogP contribution in [-0.2, 0) is 11.8 Å². The van der Waals surface area contributed by atoms with Crippen LogP contribution in [0.4, 0.5) is 0 Å². The highest BCUT2D eigenvalue weighted by atomic mass is 32.1. The van der Waals surface area contributed by atoms with Gasteiger partial charge in [-0.2, -0.15) is 5.10 Å². The number of carbonyl (C=O) groups excluding carboxylic acids is 1. The van der Waals surface area contributed by atoms with Crippen LogP contribution in [0.5, 0.6) is 0 Å². The summed E-state index contributed by atoms with van der Waals surface area (Å²) in [6, 6.07) is 4.03. The van der Waals surface area contributed by atoms with Crippen LogP contribution in [-0.4, -0.2) is 28.9 Å². The van der Waals surface area contributed by atoms with E-state index in [1.54, 1.807) is 22.2 Å². The molecule has 1 aliphatic rings. The molecule has 5 nitrogen and oxygen atoms in total. The smallest absolute Gasteiger partial charge is 0.255 e. The molecular formula is C15H19N3O2S. The number of hydrogen-bond donors (Lipinski definition) is 1. The van der Waals surface area contributed by atoms with Crippen LogP contribution in [0.15, 0.2) is 23.7 Å². The van der Waals surface area contributed by atoms with E-state index in [2.05, 4.69) is 10.4 Å². The maximum atomic E-state index is 12.5. The summed E-state index contributed by atoms with van der Waals surface area (Å²) < 4.78 is 7.12. The van der Waals surface area contributed by atoms with Gasteiger partial charge in [0.2, 0.25) is 0 Å². The summed E-state index contributed by atoms with van der Waals surface area (Å²) in [5.41, 5.74) is 1.52. The molecule has 0 saturated carbocycles. The summed E-state index contributed by atoms with van der Waals surface area (Å²) in [5, 5.41) is 9.53. The lowest BCUT2D eigenvalue weighted by Crippen LogP contribution is -2.27. The molecule has 21 heavy (non-hydrogen) atoms. The Morgan fingerprint density at radius 2 is 2.48 bits per heavy atom. The molecule has 1 amide bonds. The van der Waals surface area contributed by atoms with Gasteiger partial charge in [0, 0.05) is 30.6 Å². The molecule has 1 aliphatic heterocycles. The Kier molecular flexibility index (Phi) is 4.07. The van der Waals surface area contributed by atoms with Crippen molar-refractivity contribution >= 4 is 17.2 Å². The predicted molar refractivity (Wildman–Crippen MR) is 81.6 cm³/mol. The lowest BCUT2D eigenvalue weighted by atomic mass is 10.0. The number of nitrogens with one attached hydrogen (secondary N) is 1.